The van der Waals surface area contributed by atoms with Crippen LogP contribution in [0.25, 0.3) is 0 Å². The number of rotatable bonds is 5. The third-order valence-electron chi connectivity index (χ3n) is 3.00. The summed E-state index contributed by atoms with van der Waals surface area (Å²) >= 11 is 6.43. The van der Waals surface area contributed by atoms with Crippen LogP contribution in [0, 0.1) is 0 Å². The summed E-state index contributed by atoms with van der Waals surface area (Å²) in [6.45, 7) is 2.00. The van der Waals surface area contributed by atoms with Crippen LogP contribution in [0.5, 0.6) is 11.5 Å². The van der Waals surface area contributed by atoms with Crippen LogP contribution in [-0.2, 0) is 11.2 Å². The first-order chi connectivity index (χ1) is 10.5. The second-order valence-corrected chi connectivity index (χ2v) is 6.33. The van der Waals surface area contributed by atoms with Crippen molar-refractivity contribution in [2.45, 2.75) is 13.3 Å². The largest absolute Gasteiger partial charge is 0.506 e. The molecule has 116 valence electrons. The standard InChI is InChI=1S/C16H15Br2NO3/c1-2-10-3-5-12(6-4-10)22-9-15(20)19-11-7-13(17)16(21)14(18)8-11/h3-8,21H,2,9H2,1H3,(H,19,20). The Morgan fingerprint density at radius 3 is 2.32 bits per heavy atom. The number of benzene rings is 2. The minimum atomic E-state index is -0.274. The average molecular weight is 429 g/mol. The quantitative estimate of drug-likeness (QED) is 0.689. The molecule has 0 aromatic heterocycles. The average Bonchev–Trinajstić information content (AvgIpc) is 2.51. The van der Waals surface area contributed by atoms with Crippen molar-refractivity contribution in [2.24, 2.45) is 0 Å². The highest BCUT2D eigenvalue weighted by atomic mass is 79.9. The van der Waals surface area contributed by atoms with Crippen LogP contribution in [0.3, 0.4) is 0 Å². The molecule has 6 heteroatoms. The topological polar surface area (TPSA) is 58.6 Å². The van der Waals surface area contributed by atoms with E-state index in [9.17, 15) is 9.90 Å². The second-order valence-electron chi connectivity index (χ2n) is 4.62. The summed E-state index contributed by atoms with van der Waals surface area (Å²) < 4.78 is 6.43. The van der Waals surface area contributed by atoms with Crippen LogP contribution < -0.4 is 10.1 Å². The number of ether oxygens (including phenoxy) is 1. The van der Waals surface area contributed by atoms with Crippen molar-refractivity contribution in [3.63, 3.8) is 0 Å². The molecule has 0 heterocycles. The molecular weight excluding hydrogens is 414 g/mol. The molecule has 0 saturated heterocycles. The number of nitrogens with one attached hydrogen (secondary N) is 1. The van der Waals surface area contributed by atoms with Gasteiger partial charge < -0.3 is 15.2 Å². The van der Waals surface area contributed by atoms with Gasteiger partial charge in [0.2, 0.25) is 0 Å². The molecule has 0 radical (unpaired) electrons. The zero-order chi connectivity index (χ0) is 16.1. The third-order valence-corrected chi connectivity index (χ3v) is 4.21. The summed E-state index contributed by atoms with van der Waals surface area (Å²) in [6.07, 6.45) is 0.964. The number of amides is 1. The third kappa shape index (κ3) is 4.48. The number of halogens is 2. The predicted octanol–water partition coefficient (Wildman–Crippen LogP) is 4.50. The number of anilines is 1. The molecule has 0 spiro atoms. The van der Waals surface area contributed by atoms with Crippen molar-refractivity contribution < 1.29 is 14.6 Å². The highest BCUT2D eigenvalue weighted by Gasteiger charge is 2.09. The van der Waals surface area contributed by atoms with Gasteiger partial charge >= 0.3 is 0 Å². The van der Waals surface area contributed by atoms with Crippen molar-refractivity contribution in [3.05, 3.63) is 50.9 Å². The van der Waals surface area contributed by atoms with E-state index in [1.165, 1.54) is 5.56 Å². The van der Waals surface area contributed by atoms with Gasteiger partial charge in [-0.05, 0) is 68.1 Å². The fraction of sp³-hybridized carbons (Fsp3) is 0.188. The van der Waals surface area contributed by atoms with Crippen LogP contribution >= 0.6 is 31.9 Å². The van der Waals surface area contributed by atoms with Gasteiger partial charge in [0.25, 0.3) is 5.91 Å². The van der Waals surface area contributed by atoms with E-state index in [4.69, 9.17) is 4.74 Å². The number of aryl methyl sites for hydroxylation is 1. The Kier molecular flexibility index (Phi) is 5.85. The first-order valence-corrected chi connectivity index (χ1v) is 8.27. The minimum absolute atomic E-state index is 0.0818. The fourth-order valence-corrected chi connectivity index (χ4v) is 2.99. The Morgan fingerprint density at radius 2 is 1.77 bits per heavy atom. The van der Waals surface area contributed by atoms with Gasteiger partial charge in [0.1, 0.15) is 11.5 Å². The number of hydrogen-bond donors (Lipinski definition) is 2. The van der Waals surface area contributed by atoms with Crippen LogP contribution in [0.2, 0.25) is 0 Å². The van der Waals surface area contributed by atoms with Crippen molar-refractivity contribution in [3.8, 4) is 11.5 Å². The molecule has 2 rings (SSSR count). The summed E-state index contributed by atoms with van der Waals surface area (Å²) in [5.74, 6) is 0.467. The zero-order valence-electron chi connectivity index (χ0n) is 11.9. The first-order valence-electron chi connectivity index (χ1n) is 6.69. The molecule has 0 unspecified atom stereocenters. The molecule has 0 aliphatic carbocycles. The number of aromatic hydroxyl groups is 1. The van der Waals surface area contributed by atoms with E-state index in [-0.39, 0.29) is 18.3 Å². The summed E-state index contributed by atoms with van der Waals surface area (Å²) in [5.41, 5.74) is 1.78. The molecule has 2 aromatic carbocycles. The number of phenolic OH excluding ortho intramolecular Hbond substituents is 1. The first kappa shape index (κ1) is 16.8. The summed E-state index contributed by atoms with van der Waals surface area (Å²) in [5, 5.41) is 12.3. The Labute approximate surface area is 145 Å². The van der Waals surface area contributed by atoms with Gasteiger partial charge in [-0.3, -0.25) is 4.79 Å². The van der Waals surface area contributed by atoms with E-state index in [1.807, 2.05) is 24.3 Å². The van der Waals surface area contributed by atoms with Gasteiger partial charge in [-0.15, -0.1) is 0 Å². The van der Waals surface area contributed by atoms with E-state index in [2.05, 4.69) is 44.1 Å². The van der Waals surface area contributed by atoms with Gasteiger partial charge in [0, 0.05) is 5.69 Å². The van der Waals surface area contributed by atoms with Gasteiger partial charge in [-0.25, -0.2) is 0 Å². The Hall–Kier alpha value is -1.53. The SMILES string of the molecule is CCc1ccc(OCC(=O)Nc2cc(Br)c(O)c(Br)c2)cc1. The Morgan fingerprint density at radius 1 is 1.18 bits per heavy atom. The van der Waals surface area contributed by atoms with E-state index >= 15 is 0 Å². The summed E-state index contributed by atoms with van der Waals surface area (Å²) in [6, 6.07) is 10.9. The highest BCUT2D eigenvalue weighted by Crippen LogP contribution is 2.35. The van der Waals surface area contributed by atoms with Gasteiger partial charge in [0.15, 0.2) is 6.61 Å². The number of phenols is 1. The Balaban J connectivity index is 1.92. The van der Waals surface area contributed by atoms with Crippen LogP contribution in [0.15, 0.2) is 45.3 Å². The van der Waals surface area contributed by atoms with E-state index in [0.29, 0.717) is 20.4 Å². The van der Waals surface area contributed by atoms with Gasteiger partial charge in [-0.2, -0.15) is 0 Å². The van der Waals surface area contributed by atoms with E-state index in [1.54, 1.807) is 12.1 Å². The maximum Gasteiger partial charge on any atom is 0.262 e. The second kappa shape index (κ2) is 7.65. The lowest BCUT2D eigenvalue weighted by Crippen LogP contribution is -2.20. The molecule has 2 N–H and O–H groups in total. The molecule has 0 fully saturated rings. The maximum absolute atomic E-state index is 11.9. The molecule has 0 atom stereocenters. The molecule has 0 aliphatic rings. The predicted molar refractivity (Wildman–Crippen MR) is 93.5 cm³/mol. The van der Waals surface area contributed by atoms with Crippen LogP contribution in [-0.4, -0.2) is 17.6 Å². The molecule has 4 nitrogen and oxygen atoms in total. The maximum atomic E-state index is 11.9. The normalized spacial score (nSPS) is 10.3. The molecule has 0 aliphatic heterocycles. The number of carbonyl (C=O) groups is 1. The minimum Gasteiger partial charge on any atom is -0.506 e. The number of hydrogen-bond acceptors (Lipinski definition) is 3. The fourth-order valence-electron chi connectivity index (χ4n) is 1.81. The van der Waals surface area contributed by atoms with Crippen molar-refractivity contribution in [1.82, 2.24) is 0 Å². The molecule has 0 saturated carbocycles. The lowest BCUT2D eigenvalue weighted by Gasteiger charge is -2.09. The van der Waals surface area contributed by atoms with E-state index < -0.39 is 0 Å². The molecule has 0 bridgehead atoms. The van der Waals surface area contributed by atoms with Gasteiger partial charge in [-0.1, -0.05) is 19.1 Å². The summed E-state index contributed by atoms with van der Waals surface area (Å²) in [7, 11) is 0. The molecule has 1 amide bonds. The lowest BCUT2D eigenvalue weighted by atomic mass is 10.2. The molecular formula is C16H15Br2NO3. The van der Waals surface area contributed by atoms with Crippen molar-refractivity contribution in [1.29, 1.82) is 0 Å². The van der Waals surface area contributed by atoms with Crippen molar-refractivity contribution in [2.75, 3.05) is 11.9 Å². The van der Waals surface area contributed by atoms with Crippen LogP contribution in [0.4, 0.5) is 5.69 Å². The highest BCUT2D eigenvalue weighted by molar-refractivity contribution is 9.11. The lowest BCUT2D eigenvalue weighted by molar-refractivity contribution is -0.118. The zero-order valence-corrected chi connectivity index (χ0v) is 15.1. The Bertz CT molecular complexity index is 649. The molecule has 2 aromatic rings. The van der Waals surface area contributed by atoms with Crippen molar-refractivity contribution >= 4 is 43.5 Å². The van der Waals surface area contributed by atoms with Crippen LogP contribution in [0.1, 0.15) is 12.5 Å². The van der Waals surface area contributed by atoms with Gasteiger partial charge in [0.05, 0.1) is 8.95 Å². The van der Waals surface area contributed by atoms with E-state index in [0.717, 1.165) is 6.42 Å². The number of carbonyl (C=O) groups excluding carboxylic acids is 1. The summed E-state index contributed by atoms with van der Waals surface area (Å²) in [4.78, 5) is 11.9. The molecule has 22 heavy (non-hydrogen) atoms. The monoisotopic (exact) mass is 427 g/mol. The smallest absolute Gasteiger partial charge is 0.262 e.